The van der Waals surface area contributed by atoms with Crippen LogP contribution in [0.3, 0.4) is 0 Å². The molecule has 0 aliphatic rings. The van der Waals surface area contributed by atoms with Gasteiger partial charge in [0.1, 0.15) is 0 Å². The van der Waals surface area contributed by atoms with Crippen LogP contribution in [0.5, 0.6) is 0 Å². The second-order valence-electron chi connectivity index (χ2n) is 5.48. The summed E-state index contributed by atoms with van der Waals surface area (Å²) in [6.07, 6.45) is 16.7. The number of allylic oxidation sites excluding steroid dienone is 4. The van der Waals surface area contributed by atoms with E-state index in [0.717, 1.165) is 43.7 Å². The van der Waals surface area contributed by atoms with Crippen molar-refractivity contribution in [1.29, 1.82) is 0 Å². The van der Waals surface area contributed by atoms with Crippen molar-refractivity contribution in [3.63, 3.8) is 0 Å². The predicted molar refractivity (Wildman–Crippen MR) is 166 cm³/mol. The molecule has 0 spiro atoms. The van der Waals surface area contributed by atoms with Crippen LogP contribution in [0.2, 0.25) is 0 Å². The first-order valence-electron chi connectivity index (χ1n) is 9.52. The van der Waals surface area contributed by atoms with Crippen molar-refractivity contribution in [2.24, 2.45) is 17.2 Å². The Morgan fingerprint density at radius 3 is 1.50 bits per heavy atom. The van der Waals surface area contributed by atoms with E-state index in [-0.39, 0.29) is 44.6 Å². The molecule has 0 atom stereocenters. The second-order valence-corrected chi connectivity index (χ2v) is 5.48. The van der Waals surface area contributed by atoms with Crippen LogP contribution in [-0.4, -0.2) is 28.5 Å². The van der Waals surface area contributed by atoms with Crippen LogP contribution < -0.4 is 27.8 Å². The molecule has 8 heteroatoms. The van der Waals surface area contributed by atoms with Crippen LogP contribution in [0.1, 0.15) is 68.5 Å². The molecule has 0 radical (unpaired) electrons. The predicted octanol–water partition coefficient (Wildman–Crippen LogP) is 6.51. The summed E-state index contributed by atoms with van der Waals surface area (Å²) >= 11 is 0. The van der Waals surface area contributed by atoms with E-state index in [1.165, 1.54) is 11.6 Å². The lowest BCUT2D eigenvalue weighted by Crippen LogP contribution is -2.15. The molecule has 36 heavy (non-hydrogen) atoms. The number of benzene rings is 1. The SMILES string of the molecule is C.C.C.C.C.C.NCC=CO.NCNC=CCC=CO.NCc1cccc(CNC=CCC=CO)c1. The van der Waals surface area contributed by atoms with Gasteiger partial charge in [0.2, 0.25) is 0 Å². The number of nitrogens with one attached hydrogen (secondary N) is 2. The van der Waals surface area contributed by atoms with Crippen LogP contribution in [-0.2, 0) is 13.1 Å². The monoisotopic (exact) mass is 515 g/mol. The molecule has 0 saturated heterocycles. The smallest absolute Gasteiger partial charge is 0.0764 e. The Hall–Kier alpha value is -3.20. The maximum Gasteiger partial charge on any atom is 0.0764 e. The van der Waals surface area contributed by atoms with Gasteiger partial charge in [0.25, 0.3) is 0 Å². The third-order valence-corrected chi connectivity index (χ3v) is 3.12. The zero-order chi connectivity index (χ0) is 22.7. The Balaban J connectivity index is -0.0000000572. The first-order valence-corrected chi connectivity index (χ1v) is 9.52. The van der Waals surface area contributed by atoms with Crippen molar-refractivity contribution in [1.82, 2.24) is 10.6 Å². The van der Waals surface area contributed by atoms with Crippen molar-refractivity contribution in [3.8, 4) is 0 Å². The molecule has 11 N–H and O–H groups in total. The summed E-state index contributed by atoms with van der Waals surface area (Å²) in [5, 5.41) is 30.3. The van der Waals surface area contributed by atoms with Gasteiger partial charge in [-0.25, -0.2) is 0 Å². The summed E-state index contributed by atoms with van der Waals surface area (Å²) in [5.74, 6) is 0. The molecule has 0 aliphatic carbocycles. The highest BCUT2D eigenvalue weighted by atomic mass is 16.2. The van der Waals surface area contributed by atoms with Crippen LogP contribution in [0.15, 0.2) is 85.8 Å². The molecular formula is C28H61N5O3. The molecule has 0 aliphatic heterocycles. The Morgan fingerprint density at radius 1 is 0.639 bits per heavy atom. The normalized spacial score (nSPS) is 9.19. The van der Waals surface area contributed by atoms with Crippen molar-refractivity contribution < 1.29 is 15.3 Å². The number of aliphatic hydroxyl groups excluding tert-OH is 3. The fourth-order valence-corrected chi connectivity index (χ4v) is 1.75. The van der Waals surface area contributed by atoms with Gasteiger partial charge in [-0.2, -0.15) is 0 Å². The number of aliphatic hydroxyl groups is 3. The highest BCUT2D eigenvalue weighted by molar-refractivity contribution is 5.23. The van der Waals surface area contributed by atoms with Gasteiger partial charge >= 0.3 is 0 Å². The van der Waals surface area contributed by atoms with Gasteiger partial charge in [0.05, 0.1) is 25.5 Å². The molecule has 1 rings (SSSR count). The van der Waals surface area contributed by atoms with E-state index in [0.29, 0.717) is 19.8 Å². The average Bonchev–Trinajstić information content (AvgIpc) is 2.78. The third-order valence-electron chi connectivity index (χ3n) is 3.12. The summed E-state index contributed by atoms with van der Waals surface area (Å²) in [6, 6.07) is 8.19. The number of rotatable bonds is 11. The summed E-state index contributed by atoms with van der Waals surface area (Å²) < 4.78 is 0. The minimum atomic E-state index is 0. The van der Waals surface area contributed by atoms with Crippen molar-refractivity contribution in [2.45, 2.75) is 70.5 Å². The van der Waals surface area contributed by atoms with Crippen LogP contribution in [0.25, 0.3) is 0 Å². The molecule has 0 amide bonds. The molecule has 0 fully saturated rings. The largest absolute Gasteiger partial charge is 0.516 e. The molecule has 0 heterocycles. The fraction of sp³-hybridized carbons (Fsp3) is 0.429. The van der Waals surface area contributed by atoms with Crippen molar-refractivity contribution in [3.05, 3.63) is 97.0 Å². The van der Waals surface area contributed by atoms with E-state index >= 15 is 0 Å². The third kappa shape index (κ3) is 44.5. The van der Waals surface area contributed by atoms with E-state index in [9.17, 15) is 0 Å². The van der Waals surface area contributed by atoms with Gasteiger partial charge in [0.15, 0.2) is 0 Å². The molecule has 0 aromatic heterocycles. The highest BCUT2D eigenvalue weighted by Crippen LogP contribution is 2.04. The minimum Gasteiger partial charge on any atom is -0.516 e. The number of hydrogen-bond donors (Lipinski definition) is 8. The summed E-state index contributed by atoms with van der Waals surface area (Å²) in [7, 11) is 0. The molecule has 0 unspecified atom stereocenters. The van der Waals surface area contributed by atoms with Gasteiger partial charge in [-0.05, 0) is 54.6 Å². The lowest BCUT2D eigenvalue weighted by molar-refractivity contribution is 0.471. The van der Waals surface area contributed by atoms with E-state index in [2.05, 4.69) is 22.8 Å². The molecule has 0 saturated carbocycles. The van der Waals surface area contributed by atoms with E-state index in [1.807, 2.05) is 30.5 Å². The quantitative estimate of drug-likeness (QED) is 0.122. The van der Waals surface area contributed by atoms with E-state index < -0.39 is 0 Å². The maximum atomic E-state index is 8.41. The Kier molecular flexibility index (Phi) is 73.5. The topological polar surface area (TPSA) is 163 Å². The first-order chi connectivity index (χ1) is 14.7. The molecule has 0 bridgehead atoms. The van der Waals surface area contributed by atoms with Crippen LogP contribution in [0.4, 0.5) is 0 Å². The van der Waals surface area contributed by atoms with Gasteiger partial charge in [-0.15, -0.1) is 0 Å². The number of nitrogens with two attached hydrogens (primary N) is 3. The number of hydrogen-bond acceptors (Lipinski definition) is 8. The lowest BCUT2D eigenvalue weighted by atomic mass is 10.1. The highest BCUT2D eigenvalue weighted by Gasteiger charge is 1.92. The summed E-state index contributed by atoms with van der Waals surface area (Å²) in [6.45, 7) is 2.22. The fourth-order valence-electron chi connectivity index (χ4n) is 1.75. The summed E-state index contributed by atoms with van der Waals surface area (Å²) in [5.41, 5.74) is 17.9. The molecule has 1 aromatic carbocycles. The van der Waals surface area contributed by atoms with Crippen LogP contribution >= 0.6 is 0 Å². The van der Waals surface area contributed by atoms with Gasteiger partial charge in [0, 0.05) is 19.6 Å². The standard InChI is InChI=1S/C13H18N2O.C6H12N2O.C3H7NO.6CH4/c14-10-12-5-4-6-13(9-12)11-15-7-2-1-3-8-16;7-6-8-4-2-1-3-5-9;4-2-1-3-5;;;;;;/h2-9,15-16H,1,10-11,14H2;2-5,8-9H,1,6-7H2;1,3,5H,2,4H2;6*1H4. The minimum absolute atomic E-state index is 0. The zero-order valence-electron chi connectivity index (χ0n) is 17.4. The Morgan fingerprint density at radius 2 is 1.11 bits per heavy atom. The molecule has 216 valence electrons. The van der Waals surface area contributed by atoms with Gasteiger partial charge in [-0.1, -0.05) is 81.0 Å². The van der Waals surface area contributed by atoms with E-state index in [4.69, 9.17) is 32.5 Å². The lowest BCUT2D eigenvalue weighted by Gasteiger charge is -2.03. The molecular weight excluding hydrogens is 454 g/mol. The van der Waals surface area contributed by atoms with Crippen molar-refractivity contribution >= 4 is 0 Å². The van der Waals surface area contributed by atoms with Crippen LogP contribution in [0, 0.1) is 0 Å². The molecule has 1 aromatic rings. The zero-order valence-corrected chi connectivity index (χ0v) is 17.4. The van der Waals surface area contributed by atoms with E-state index in [1.54, 1.807) is 18.4 Å². The Bertz CT molecular complexity index is 631. The molecule has 8 nitrogen and oxygen atoms in total. The Labute approximate surface area is 224 Å². The second kappa shape index (κ2) is 49.0. The summed E-state index contributed by atoms with van der Waals surface area (Å²) in [4.78, 5) is 0. The average molecular weight is 516 g/mol. The van der Waals surface area contributed by atoms with Crippen molar-refractivity contribution in [2.75, 3.05) is 13.2 Å². The van der Waals surface area contributed by atoms with Gasteiger partial charge < -0.3 is 43.2 Å². The maximum absolute atomic E-state index is 8.41. The first kappa shape index (κ1) is 53.9. The van der Waals surface area contributed by atoms with Gasteiger partial charge in [-0.3, -0.25) is 0 Å².